The van der Waals surface area contributed by atoms with Crippen molar-refractivity contribution in [1.82, 2.24) is 40.8 Å². The molecule has 2 aromatic carbocycles. The number of aromatic amines is 2. The molecule has 170 valence electrons. The first kappa shape index (κ1) is 19.8. The molecule has 2 atom stereocenters. The van der Waals surface area contributed by atoms with Gasteiger partial charge in [-0.05, 0) is 63.0 Å². The van der Waals surface area contributed by atoms with Crippen molar-refractivity contribution in [3.05, 3.63) is 60.3 Å². The van der Waals surface area contributed by atoms with Gasteiger partial charge in [0.25, 0.3) is 0 Å². The van der Waals surface area contributed by atoms with E-state index in [9.17, 15) is 0 Å². The number of nitrogens with zero attached hydrogens (tertiary/aromatic N) is 4. The second-order valence-electron chi connectivity index (χ2n) is 9.34. The maximum absolute atomic E-state index is 4.78. The average molecular weight is 451 g/mol. The van der Waals surface area contributed by atoms with Crippen LogP contribution in [0.5, 0.6) is 0 Å². The highest BCUT2D eigenvalue weighted by Gasteiger charge is 2.20. The van der Waals surface area contributed by atoms with E-state index in [1.54, 1.807) is 0 Å². The summed E-state index contributed by atoms with van der Waals surface area (Å²) in [6, 6.07) is 15.3. The van der Waals surface area contributed by atoms with Gasteiger partial charge in [0.15, 0.2) is 0 Å². The summed E-state index contributed by atoms with van der Waals surface area (Å²) in [5.74, 6) is 2.03. The zero-order valence-corrected chi connectivity index (χ0v) is 18.8. The molecule has 5 heterocycles. The number of rotatable bonds is 4. The lowest BCUT2D eigenvalue weighted by molar-refractivity contribution is 0.613. The number of hydrogen-bond donors (Lipinski definition) is 4. The van der Waals surface area contributed by atoms with Crippen LogP contribution in [0.25, 0.3) is 44.5 Å². The molecule has 8 nitrogen and oxygen atoms in total. The first-order chi connectivity index (χ1) is 16.8. The van der Waals surface area contributed by atoms with Crippen molar-refractivity contribution in [3.63, 3.8) is 0 Å². The second-order valence-corrected chi connectivity index (χ2v) is 9.34. The van der Waals surface area contributed by atoms with E-state index in [2.05, 4.69) is 78.2 Å². The Bertz CT molecular complexity index is 1490. The molecular formula is C26H26N8. The fourth-order valence-electron chi connectivity index (χ4n) is 5.19. The number of imidazole rings is 2. The lowest BCUT2D eigenvalue weighted by Crippen LogP contribution is -2.14. The maximum atomic E-state index is 4.78. The summed E-state index contributed by atoms with van der Waals surface area (Å²) in [7, 11) is 0. The second kappa shape index (κ2) is 8.00. The van der Waals surface area contributed by atoms with Crippen LogP contribution in [0.2, 0.25) is 0 Å². The molecule has 0 spiro atoms. The number of fused-ring (bicyclic) bond motifs is 2. The molecule has 0 unspecified atom stereocenters. The van der Waals surface area contributed by atoms with Gasteiger partial charge in [0, 0.05) is 16.5 Å². The van der Waals surface area contributed by atoms with Gasteiger partial charge < -0.3 is 20.6 Å². The number of aromatic nitrogens is 6. The zero-order chi connectivity index (χ0) is 22.5. The summed E-state index contributed by atoms with van der Waals surface area (Å²) in [6.07, 6.45) is 6.55. The number of nitrogens with one attached hydrogen (secondary N) is 4. The van der Waals surface area contributed by atoms with Crippen molar-refractivity contribution < 1.29 is 0 Å². The molecule has 2 fully saturated rings. The molecule has 7 rings (SSSR count). The first-order valence-electron chi connectivity index (χ1n) is 12.1. The average Bonchev–Trinajstić information content (AvgIpc) is 3.69. The molecule has 2 aliphatic heterocycles. The third kappa shape index (κ3) is 3.46. The summed E-state index contributed by atoms with van der Waals surface area (Å²) in [6.45, 7) is 2.11. The molecule has 0 amide bonds. The van der Waals surface area contributed by atoms with Gasteiger partial charge in [-0.2, -0.15) is 0 Å². The molecule has 0 bridgehead atoms. The zero-order valence-electron chi connectivity index (χ0n) is 18.8. The van der Waals surface area contributed by atoms with Crippen molar-refractivity contribution in [2.75, 3.05) is 13.1 Å². The Balaban J connectivity index is 1.18. The number of benzene rings is 2. The van der Waals surface area contributed by atoms with Gasteiger partial charge in [-0.3, -0.25) is 0 Å². The topological polar surface area (TPSA) is 107 Å². The minimum Gasteiger partial charge on any atom is -0.341 e. The molecule has 34 heavy (non-hydrogen) atoms. The molecule has 2 saturated heterocycles. The molecule has 2 aliphatic rings. The van der Waals surface area contributed by atoms with E-state index >= 15 is 0 Å². The summed E-state index contributed by atoms with van der Waals surface area (Å²) < 4.78 is 0. The number of hydrogen-bond acceptors (Lipinski definition) is 6. The van der Waals surface area contributed by atoms with Crippen molar-refractivity contribution in [3.8, 4) is 22.5 Å². The fourth-order valence-corrected chi connectivity index (χ4v) is 5.19. The Morgan fingerprint density at radius 2 is 1.56 bits per heavy atom. The van der Waals surface area contributed by atoms with Crippen molar-refractivity contribution in [1.29, 1.82) is 0 Å². The normalized spacial score (nSPS) is 20.6. The highest BCUT2D eigenvalue weighted by Crippen LogP contribution is 2.29. The van der Waals surface area contributed by atoms with Crippen LogP contribution >= 0.6 is 0 Å². The molecule has 4 N–H and O–H groups in total. The maximum Gasteiger partial charge on any atom is 0.124 e. The van der Waals surface area contributed by atoms with Gasteiger partial charge >= 0.3 is 0 Å². The van der Waals surface area contributed by atoms with Crippen molar-refractivity contribution >= 4 is 21.9 Å². The Morgan fingerprint density at radius 3 is 2.38 bits per heavy atom. The van der Waals surface area contributed by atoms with Crippen LogP contribution in [-0.4, -0.2) is 43.2 Å². The fraction of sp³-hybridized carbons (Fsp3) is 0.308. The molecule has 5 aromatic rings. The van der Waals surface area contributed by atoms with Crippen molar-refractivity contribution in [2.24, 2.45) is 0 Å². The first-order valence-corrected chi connectivity index (χ1v) is 12.1. The predicted molar refractivity (Wildman–Crippen MR) is 132 cm³/mol. The van der Waals surface area contributed by atoms with E-state index in [1.165, 1.54) is 12.8 Å². The summed E-state index contributed by atoms with van der Waals surface area (Å²) in [5.41, 5.74) is 6.85. The van der Waals surface area contributed by atoms with E-state index in [4.69, 9.17) is 4.98 Å². The monoisotopic (exact) mass is 450 g/mol. The van der Waals surface area contributed by atoms with Crippen LogP contribution in [0, 0.1) is 0 Å². The quantitative estimate of drug-likeness (QED) is 0.323. The summed E-state index contributed by atoms with van der Waals surface area (Å²) >= 11 is 0. The Labute approximate surface area is 196 Å². The van der Waals surface area contributed by atoms with Gasteiger partial charge in [-0.1, -0.05) is 18.2 Å². The highest BCUT2D eigenvalue weighted by molar-refractivity contribution is 5.87. The van der Waals surface area contributed by atoms with Crippen LogP contribution < -0.4 is 10.6 Å². The Hall–Kier alpha value is -3.62. The third-order valence-electron chi connectivity index (χ3n) is 7.07. The molecule has 3 aromatic heterocycles. The van der Waals surface area contributed by atoms with Crippen LogP contribution in [0.4, 0.5) is 0 Å². The molecule has 8 heteroatoms. The lowest BCUT2D eigenvalue weighted by atomic mass is 10.1. The van der Waals surface area contributed by atoms with Gasteiger partial charge in [0.1, 0.15) is 11.6 Å². The molecule has 0 radical (unpaired) electrons. The number of H-pyrrole nitrogens is 2. The SMILES string of the molecule is c1cc2nc([C@@H]3CCCN3)[nH]c2cc1-c1cc2ccc(-c3cnc([C@@H]4CCCN4)[nH]3)cc2nn1. The van der Waals surface area contributed by atoms with Gasteiger partial charge in [-0.25, -0.2) is 9.97 Å². The minimum absolute atomic E-state index is 0.325. The van der Waals surface area contributed by atoms with E-state index in [0.717, 1.165) is 82.0 Å². The summed E-state index contributed by atoms with van der Waals surface area (Å²) in [4.78, 5) is 16.3. The van der Waals surface area contributed by atoms with Gasteiger partial charge in [0.05, 0.1) is 46.2 Å². The Morgan fingerprint density at radius 1 is 0.735 bits per heavy atom. The van der Waals surface area contributed by atoms with E-state index in [-0.39, 0.29) is 0 Å². The highest BCUT2D eigenvalue weighted by atomic mass is 15.1. The van der Waals surface area contributed by atoms with E-state index < -0.39 is 0 Å². The molecule has 0 aliphatic carbocycles. The standard InChI is InChI=1S/C26H26N8/c1-3-19(27-9-1)25-29-14-24(32-25)17-6-5-15-11-21(33-34-22(15)12-17)16-7-8-18-23(13-16)31-26(30-18)20-4-2-10-28-20/h5-8,11-14,19-20,27-28H,1-4,9-10H2,(H,29,32)(H,30,31)/t19-,20-/m0/s1. The summed E-state index contributed by atoms with van der Waals surface area (Å²) in [5, 5.41) is 17.1. The predicted octanol–water partition coefficient (Wildman–Crippen LogP) is 4.41. The third-order valence-corrected chi connectivity index (χ3v) is 7.07. The van der Waals surface area contributed by atoms with Crippen molar-refractivity contribution in [2.45, 2.75) is 37.8 Å². The minimum atomic E-state index is 0.325. The largest absolute Gasteiger partial charge is 0.341 e. The van der Waals surface area contributed by atoms with E-state index in [0.29, 0.717) is 12.1 Å². The van der Waals surface area contributed by atoms with Crippen LogP contribution in [0.1, 0.15) is 49.4 Å². The smallest absolute Gasteiger partial charge is 0.124 e. The lowest BCUT2D eigenvalue weighted by Gasteiger charge is -2.06. The van der Waals surface area contributed by atoms with Crippen LogP contribution in [0.3, 0.4) is 0 Å². The van der Waals surface area contributed by atoms with Crippen LogP contribution in [0.15, 0.2) is 48.7 Å². The van der Waals surface area contributed by atoms with Crippen LogP contribution in [-0.2, 0) is 0 Å². The molecule has 0 saturated carbocycles. The molecular weight excluding hydrogens is 424 g/mol. The van der Waals surface area contributed by atoms with E-state index in [1.807, 2.05) is 6.20 Å². The Kier molecular flexibility index (Phi) is 4.66. The van der Waals surface area contributed by atoms with Gasteiger partial charge in [-0.15, -0.1) is 10.2 Å². The van der Waals surface area contributed by atoms with Gasteiger partial charge in [0.2, 0.25) is 0 Å².